The van der Waals surface area contributed by atoms with Gasteiger partial charge in [0.2, 0.25) is 0 Å². The predicted molar refractivity (Wildman–Crippen MR) is 81.8 cm³/mol. The molecule has 108 valence electrons. The zero-order valence-corrected chi connectivity index (χ0v) is 13.3. The van der Waals surface area contributed by atoms with Gasteiger partial charge in [-0.1, -0.05) is 6.92 Å². The molecule has 2 aromatic heterocycles. The molecule has 0 saturated heterocycles. The molecule has 2 heterocycles. The predicted octanol–water partition coefficient (Wildman–Crippen LogP) is 3.30. The van der Waals surface area contributed by atoms with Crippen LogP contribution in [0.5, 0.6) is 0 Å². The average Bonchev–Trinajstić information content (AvgIpc) is 3.05. The van der Waals surface area contributed by atoms with E-state index in [0.717, 1.165) is 10.0 Å². The monoisotopic (exact) mass is 311 g/mol. The van der Waals surface area contributed by atoms with Crippen molar-refractivity contribution in [1.29, 1.82) is 0 Å². The molecule has 0 saturated carbocycles. The normalized spacial score (nSPS) is 12.2. The molecule has 0 bridgehead atoms. The number of anilines is 1. The zero-order chi connectivity index (χ0) is 14.5. The van der Waals surface area contributed by atoms with Gasteiger partial charge in [0.05, 0.1) is 17.3 Å². The number of esters is 1. The third kappa shape index (κ3) is 3.34. The summed E-state index contributed by atoms with van der Waals surface area (Å²) in [7, 11) is 0. The molecule has 5 nitrogen and oxygen atoms in total. The molecule has 7 heteroatoms. The van der Waals surface area contributed by atoms with E-state index < -0.39 is 0 Å². The van der Waals surface area contributed by atoms with Gasteiger partial charge in [-0.25, -0.2) is 9.78 Å². The van der Waals surface area contributed by atoms with Crippen LogP contribution in [0.25, 0.3) is 0 Å². The van der Waals surface area contributed by atoms with Gasteiger partial charge >= 0.3 is 5.97 Å². The van der Waals surface area contributed by atoms with Gasteiger partial charge in [-0.2, -0.15) is 4.37 Å². The second-order valence-electron chi connectivity index (χ2n) is 4.34. The molecule has 0 radical (unpaired) electrons. The molecular formula is C13H17N3O2S2. The molecule has 20 heavy (non-hydrogen) atoms. The van der Waals surface area contributed by atoms with Gasteiger partial charge in [0.25, 0.3) is 0 Å². The van der Waals surface area contributed by atoms with E-state index >= 15 is 0 Å². The summed E-state index contributed by atoms with van der Waals surface area (Å²) in [6.07, 6.45) is 1.80. The number of thiazole rings is 1. The Balaban J connectivity index is 2.05. The summed E-state index contributed by atoms with van der Waals surface area (Å²) < 4.78 is 9.29. The molecule has 0 aliphatic heterocycles. The highest BCUT2D eigenvalue weighted by Gasteiger charge is 2.20. The van der Waals surface area contributed by atoms with Crippen LogP contribution in [-0.2, 0) is 4.74 Å². The molecule has 1 atom stereocenters. The van der Waals surface area contributed by atoms with Crippen molar-refractivity contribution in [3.8, 4) is 0 Å². The lowest BCUT2D eigenvalue weighted by Gasteiger charge is -2.11. The third-order valence-corrected chi connectivity index (χ3v) is 4.69. The van der Waals surface area contributed by atoms with Crippen molar-refractivity contribution >= 4 is 33.8 Å². The van der Waals surface area contributed by atoms with Gasteiger partial charge in [0.15, 0.2) is 0 Å². The maximum atomic E-state index is 11.9. The van der Waals surface area contributed by atoms with E-state index in [9.17, 15) is 4.79 Å². The van der Waals surface area contributed by atoms with Crippen molar-refractivity contribution in [3.63, 3.8) is 0 Å². The minimum absolute atomic E-state index is 0.285. The van der Waals surface area contributed by atoms with Crippen molar-refractivity contribution in [2.45, 2.75) is 26.7 Å². The molecule has 1 unspecified atom stereocenters. The molecule has 2 rings (SSSR count). The molecule has 0 spiro atoms. The maximum absolute atomic E-state index is 11.9. The number of aromatic nitrogens is 2. The Morgan fingerprint density at radius 1 is 1.55 bits per heavy atom. The summed E-state index contributed by atoms with van der Waals surface area (Å²) >= 11 is 2.93. The lowest BCUT2D eigenvalue weighted by molar-refractivity contribution is 0.0527. The second kappa shape index (κ2) is 6.81. The average molecular weight is 311 g/mol. The van der Waals surface area contributed by atoms with Crippen LogP contribution in [0.2, 0.25) is 0 Å². The standard InChI is InChI=1S/C13H17N3O2S2/c1-4-18-13(17)10-9(3)16-20-12(10)15-7-8(2)11-14-5-6-19-11/h5-6,8,15H,4,7H2,1-3H3. The molecule has 0 amide bonds. The first kappa shape index (κ1) is 14.9. The van der Waals surface area contributed by atoms with Gasteiger partial charge in [0, 0.05) is 24.0 Å². The van der Waals surface area contributed by atoms with Crippen molar-refractivity contribution in [1.82, 2.24) is 9.36 Å². The van der Waals surface area contributed by atoms with Gasteiger partial charge in [-0.3, -0.25) is 0 Å². The summed E-state index contributed by atoms with van der Waals surface area (Å²) in [5.41, 5.74) is 1.25. The first-order valence-corrected chi connectivity index (χ1v) is 8.05. The number of ether oxygens (including phenoxy) is 1. The van der Waals surface area contributed by atoms with Gasteiger partial charge in [-0.05, 0) is 25.4 Å². The van der Waals surface area contributed by atoms with E-state index in [1.165, 1.54) is 11.5 Å². The van der Waals surface area contributed by atoms with Crippen LogP contribution < -0.4 is 5.32 Å². The fourth-order valence-electron chi connectivity index (χ4n) is 1.74. The number of rotatable bonds is 6. The number of carbonyl (C=O) groups excluding carboxylic acids is 1. The number of nitrogens with zero attached hydrogens (tertiary/aromatic N) is 2. The summed E-state index contributed by atoms with van der Waals surface area (Å²) in [6, 6.07) is 0. The van der Waals surface area contributed by atoms with Crippen molar-refractivity contribution in [2.75, 3.05) is 18.5 Å². The summed E-state index contributed by atoms with van der Waals surface area (Å²) in [5, 5.41) is 7.10. The van der Waals surface area contributed by atoms with E-state index in [2.05, 4.69) is 21.6 Å². The first-order chi connectivity index (χ1) is 9.63. The highest BCUT2D eigenvalue weighted by Crippen LogP contribution is 2.27. The molecule has 0 aliphatic carbocycles. The Morgan fingerprint density at radius 3 is 3.00 bits per heavy atom. The summed E-state index contributed by atoms with van der Waals surface area (Å²) in [5.74, 6) is -0.0318. The fraction of sp³-hybridized carbons (Fsp3) is 0.462. The maximum Gasteiger partial charge on any atom is 0.343 e. The van der Waals surface area contributed by atoms with Crippen LogP contribution in [0.4, 0.5) is 5.00 Å². The lowest BCUT2D eigenvalue weighted by Crippen LogP contribution is -2.13. The SMILES string of the molecule is CCOC(=O)c1c(C)nsc1NCC(C)c1nccs1. The Bertz CT molecular complexity index is 566. The van der Waals surface area contributed by atoms with Crippen LogP contribution in [0.1, 0.15) is 40.8 Å². The van der Waals surface area contributed by atoms with E-state index in [1.807, 2.05) is 12.3 Å². The zero-order valence-electron chi connectivity index (χ0n) is 11.7. The number of hydrogen-bond donors (Lipinski definition) is 1. The highest BCUT2D eigenvalue weighted by atomic mass is 32.1. The van der Waals surface area contributed by atoms with Crippen LogP contribution in [0, 0.1) is 6.92 Å². The number of nitrogens with one attached hydrogen (secondary N) is 1. The largest absolute Gasteiger partial charge is 0.462 e. The van der Waals surface area contributed by atoms with Gasteiger partial charge in [-0.15, -0.1) is 11.3 Å². The van der Waals surface area contributed by atoms with E-state index in [4.69, 9.17) is 4.74 Å². The number of hydrogen-bond acceptors (Lipinski definition) is 7. The molecular weight excluding hydrogens is 294 g/mol. The van der Waals surface area contributed by atoms with Crippen molar-refractivity contribution < 1.29 is 9.53 Å². The van der Waals surface area contributed by atoms with Crippen molar-refractivity contribution in [3.05, 3.63) is 27.8 Å². The Labute approximate surface area is 126 Å². The van der Waals surface area contributed by atoms with E-state index in [0.29, 0.717) is 24.4 Å². The van der Waals surface area contributed by atoms with Gasteiger partial charge < -0.3 is 10.1 Å². The molecule has 0 fully saturated rings. The minimum Gasteiger partial charge on any atom is -0.462 e. The van der Waals surface area contributed by atoms with Crippen LogP contribution >= 0.6 is 22.9 Å². The van der Waals surface area contributed by atoms with Crippen LogP contribution in [0.15, 0.2) is 11.6 Å². The topological polar surface area (TPSA) is 64.1 Å². The third-order valence-electron chi connectivity index (χ3n) is 2.78. The smallest absolute Gasteiger partial charge is 0.343 e. The summed E-state index contributed by atoms with van der Waals surface area (Å²) in [4.78, 5) is 16.2. The summed E-state index contributed by atoms with van der Waals surface area (Å²) in [6.45, 7) is 6.79. The van der Waals surface area contributed by atoms with Crippen LogP contribution in [0.3, 0.4) is 0 Å². The molecule has 1 N–H and O–H groups in total. The number of carbonyl (C=O) groups is 1. The molecule has 0 aromatic carbocycles. The van der Waals surface area contributed by atoms with E-state index in [1.54, 1.807) is 24.5 Å². The quantitative estimate of drug-likeness (QED) is 0.829. The fourth-order valence-corrected chi connectivity index (χ4v) is 3.23. The Hall–Kier alpha value is -1.47. The highest BCUT2D eigenvalue weighted by molar-refractivity contribution is 7.10. The molecule has 0 aliphatic rings. The minimum atomic E-state index is -0.317. The second-order valence-corrected chi connectivity index (χ2v) is 6.04. The van der Waals surface area contributed by atoms with Crippen molar-refractivity contribution in [2.24, 2.45) is 0 Å². The van der Waals surface area contributed by atoms with E-state index in [-0.39, 0.29) is 11.9 Å². The number of aryl methyl sites for hydroxylation is 1. The van der Waals surface area contributed by atoms with Crippen LogP contribution in [-0.4, -0.2) is 28.5 Å². The molecule has 2 aromatic rings. The lowest BCUT2D eigenvalue weighted by atomic mass is 10.2. The Kier molecular flexibility index (Phi) is 5.08. The Morgan fingerprint density at radius 2 is 2.35 bits per heavy atom. The van der Waals surface area contributed by atoms with Gasteiger partial charge in [0.1, 0.15) is 10.6 Å². The first-order valence-electron chi connectivity index (χ1n) is 6.40.